The molecule has 8 heteroatoms. The van der Waals surface area contributed by atoms with Gasteiger partial charge in [-0.05, 0) is 61.9 Å². The number of pyridine rings is 1. The van der Waals surface area contributed by atoms with Gasteiger partial charge in [-0.25, -0.2) is 9.78 Å². The van der Waals surface area contributed by atoms with Gasteiger partial charge in [-0.1, -0.05) is 18.2 Å². The Balaban J connectivity index is 1.37. The number of amides is 2. The molecule has 2 aromatic heterocycles. The average molecular weight is 444 g/mol. The van der Waals surface area contributed by atoms with Gasteiger partial charge in [0.05, 0.1) is 18.0 Å². The van der Waals surface area contributed by atoms with Crippen LogP contribution in [0.5, 0.6) is 11.5 Å². The summed E-state index contributed by atoms with van der Waals surface area (Å²) in [5.74, 6) is 1.20. The van der Waals surface area contributed by atoms with E-state index in [9.17, 15) is 9.59 Å². The van der Waals surface area contributed by atoms with Gasteiger partial charge in [0.15, 0.2) is 0 Å². The molecular weight excluding hydrogens is 420 g/mol. The summed E-state index contributed by atoms with van der Waals surface area (Å²) in [5, 5.41) is 5.56. The molecule has 33 heavy (non-hydrogen) atoms. The molecule has 168 valence electrons. The van der Waals surface area contributed by atoms with E-state index >= 15 is 0 Å². The summed E-state index contributed by atoms with van der Waals surface area (Å²) < 4.78 is 12.8. The van der Waals surface area contributed by atoms with Crippen molar-refractivity contribution in [2.24, 2.45) is 0 Å². The second-order valence-corrected chi connectivity index (χ2v) is 7.29. The zero-order chi connectivity index (χ0) is 23.2. The highest BCUT2D eigenvalue weighted by atomic mass is 16.5. The van der Waals surface area contributed by atoms with Crippen LogP contribution in [0.15, 0.2) is 77.7 Å². The molecular formula is C25H24N4O4. The van der Waals surface area contributed by atoms with Crippen molar-refractivity contribution < 1.29 is 14.3 Å². The van der Waals surface area contributed by atoms with E-state index in [4.69, 9.17) is 9.47 Å². The van der Waals surface area contributed by atoms with Crippen molar-refractivity contribution in [3.8, 4) is 11.5 Å². The van der Waals surface area contributed by atoms with Gasteiger partial charge < -0.3 is 20.1 Å². The predicted octanol–water partition coefficient (Wildman–Crippen LogP) is 4.62. The molecule has 0 radical (unpaired) electrons. The van der Waals surface area contributed by atoms with E-state index in [1.165, 1.54) is 10.5 Å². The van der Waals surface area contributed by atoms with Crippen LogP contribution in [0.3, 0.4) is 0 Å². The topological polar surface area (TPSA) is 94.0 Å². The number of nitrogens with zero attached hydrogens (tertiary/aromatic N) is 2. The van der Waals surface area contributed by atoms with Crippen molar-refractivity contribution in [2.45, 2.75) is 20.5 Å². The van der Waals surface area contributed by atoms with Crippen LogP contribution < -0.4 is 25.7 Å². The smallest absolute Gasteiger partial charge is 0.323 e. The summed E-state index contributed by atoms with van der Waals surface area (Å²) in [4.78, 5) is 29.2. The minimum Gasteiger partial charge on any atom is -0.492 e. The fourth-order valence-corrected chi connectivity index (χ4v) is 3.31. The molecule has 4 aromatic rings. The highest BCUT2D eigenvalue weighted by molar-refractivity contribution is 6.00. The third-order valence-corrected chi connectivity index (χ3v) is 4.87. The number of fused-ring (bicyclic) bond motifs is 1. The number of aromatic nitrogens is 2. The first kappa shape index (κ1) is 21.9. The number of para-hydroxylation sites is 2. The van der Waals surface area contributed by atoms with Crippen molar-refractivity contribution in [3.63, 3.8) is 0 Å². The van der Waals surface area contributed by atoms with Gasteiger partial charge in [0.1, 0.15) is 23.8 Å². The lowest BCUT2D eigenvalue weighted by atomic mass is 10.3. The molecule has 2 aromatic carbocycles. The molecule has 0 aliphatic heterocycles. The Kier molecular flexibility index (Phi) is 6.54. The first-order valence-corrected chi connectivity index (χ1v) is 10.5. The summed E-state index contributed by atoms with van der Waals surface area (Å²) in [6, 6.07) is 19.0. The van der Waals surface area contributed by atoms with Crippen LogP contribution in [0, 0.1) is 6.92 Å². The molecule has 0 bridgehead atoms. The third kappa shape index (κ3) is 5.30. The number of carbonyl (C=O) groups is 1. The van der Waals surface area contributed by atoms with Crippen molar-refractivity contribution in [2.75, 3.05) is 17.2 Å². The molecule has 2 amide bonds. The number of carbonyl (C=O) groups excluding carboxylic acids is 1. The predicted molar refractivity (Wildman–Crippen MR) is 127 cm³/mol. The number of hydrogen-bond donors (Lipinski definition) is 2. The number of ether oxygens (including phenoxy) is 2. The summed E-state index contributed by atoms with van der Waals surface area (Å²) in [6.07, 6.45) is 1.69. The van der Waals surface area contributed by atoms with Gasteiger partial charge in [-0.3, -0.25) is 9.20 Å². The molecule has 0 fully saturated rings. The fraction of sp³-hybridized carbons (Fsp3) is 0.160. The van der Waals surface area contributed by atoms with Gasteiger partial charge in [0, 0.05) is 18.0 Å². The highest BCUT2D eigenvalue weighted by Gasteiger charge is 2.08. The maximum Gasteiger partial charge on any atom is 0.323 e. The molecule has 0 saturated heterocycles. The monoisotopic (exact) mass is 444 g/mol. The number of urea groups is 1. The molecule has 4 rings (SSSR count). The van der Waals surface area contributed by atoms with E-state index in [0.29, 0.717) is 40.8 Å². The SMILES string of the molecule is CCOc1ccccc1NC(=O)Nc1ccc(OCc2cc(=O)n3cccc(C)c3n2)cc1. The number of anilines is 2. The van der Waals surface area contributed by atoms with Crippen LogP contribution in [-0.4, -0.2) is 22.0 Å². The zero-order valence-electron chi connectivity index (χ0n) is 18.4. The van der Waals surface area contributed by atoms with Gasteiger partial charge in [-0.2, -0.15) is 0 Å². The summed E-state index contributed by atoms with van der Waals surface area (Å²) in [7, 11) is 0. The minimum absolute atomic E-state index is 0.154. The van der Waals surface area contributed by atoms with Crippen LogP contribution in [0.25, 0.3) is 5.65 Å². The van der Waals surface area contributed by atoms with E-state index < -0.39 is 0 Å². The largest absolute Gasteiger partial charge is 0.492 e. The maximum absolute atomic E-state index is 12.4. The lowest BCUT2D eigenvalue weighted by Gasteiger charge is -2.12. The summed E-state index contributed by atoms with van der Waals surface area (Å²) >= 11 is 0. The first-order chi connectivity index (χ1) is 16.0. The molecule has 0 saturated carbocycles. The second kappa shape index (κ2) is 9.86. The van der Waals surface area contributed by atoms with Crippen molar-refractivity contribution in [1.82, 2.24) is 9.38 Å². The number of nitrogens with one attached hydrogen (secondary N) is 2. The van der Waals surface area contributed by atoms with Crippen LogP contribution in [0.1, 0.15) is 18.2 Å². The lowest BCUT2D eigenvalue weighted by Crippen LogP contribution is -2.19. The Morgan fingerprint density at radius 2 is 1.79 bits per heavy atom. The molecule has 0 aliphatic rings. The number of hydrogen-bond acceptors (Lipinski definition) is 5. The van der Waals surface area contributed by atoms with E-state index in [-0.39, 0.29) is 18.2 Å². The van der Waals surface area contributed by atoms with Gasteiger partial charge in [-0.15, -0.1) is 0 Å². The lowest BCUT2D eigenvalue weighted by molar-refractivity contribution is 0.262. The average Bonchev–Trinajstić information content (AvgIpc) is 2.81. The maximum atomic E-state index is 12.4. The van der Waals surface area contributed by atoms with E-state index in [0.717, 1.165) is 5.56 Å². The van der Waals surface area contributed by atoms with Crippen LogP contribution in [0.2, 0.25) is 0 Å². The molecule has 2 heterocycles. The van der Waals surface area contributed by atoms with Crippen LogP contribution in [0.4, 0.5) is 16.2 Å². The number of rotatable bonds is 7. The van der Waals surface area contributed by atoms with Gasteiger partial charge in [0.25, 0.3) is 5.56 Å². The first-order valence-electron chi connectivity index (χ1n) is 10.5. The van der Waals surface area contributed by atoms with Crippen molar-refractivity contribution in [3.05, 3.63) is 94.5 Å². The molecule has 0 atom stereocenters. The quantitative estimate of drug-likeness (QED) is 0.434. The van der Waals surface area contributed by atoms with Crippen molar-refractivity contribution >= 4 is 23.1 Å². The van der Waals surface area contributed by atoms with E-state index in [2.05, 4.69) is 15.6 Å². The molecule has 0 unspecified atom stereocenters. The standard InChI is InChI=1S/C25H24N4O4/c1-3-32-22-9-5-4-8-21(22)28-25(31)27-18-10-12-20(13-11-18)33-16-19-15-23(30)29-14-6-7-17(2)24(29)26-19/h4-15H,3,16H2,1-2H3,(H2,27,28,31). The fourth-order valence-electron chi connectivity index (χ4n) is 3.31. The molecule has 0 aliphatic carbocycles. The molecule has 2 N–H and O–H groups in total. The normalized spacial score (nSPS) is 10.6. The third-order valence-electron chi connectivity index (χ3n) is 4.87. The van der Waals surface area contributed by atoms with Crippen LogP contribution in [-0.2, 0) is 6.61 Å². The Bertz CT molecular complexity index is 1330. The minimum atomic E-state index is -0.382. The van der Waals surface area contributed by atoms with Crippen LogP contribution >= 0.6 is 0 Å². The number of benzene rings is 2. The van der Waals surface area contributed by atoms with E-state index in [1.807, 2.05) is 38.1 Å². The van der Waals surface area contributed by atoms with E-state index in [1.54, 1.807) is 42.6 Å². The molecule has 8 nitrogen and oxygen atoms in total. The Morgan fingerprint density at radius 3 is 2.58 bits per heavy atom. The highest BCUT2D eigenvalue weighted by Crippen LogP contribution is 2.24. The summed E-state index contributed by atoms with van der Waals surface area (Å²) in [5.41, 5.74) is 3.11. The Labute approximate surface area is 190 Å². The Hall–Kier alpha value is -4.33. The van der Waals surface area contributed by atoms with Gasteiger partial charge >= 0.3 is 6.03 Å². The summed E-state index contributed by atoms with van der Waals surface area (Å²) in [6.45, 7) is 4.45. The number of aryl methyl sites for hydroxylation is 1. The Morgan fingerprint density at radius 1 is 1.00 bits per heavy atom. The molecule has 0 spiro atoms. The zero-order valence-corrected chi connectivity index (χ0v) is 18.4. The van der Waals surface area contributed by atoms with Crippen molar-refractivity contribution in [1.29, 1.82) is 0 Å². The van der Waals surface area contributed by atoms with Gasteiger partial charge in [0.2, 0.25) is 0 Å². The second-order valence-electron chi connectivity index (χ2n) is 7.29.